The van der Waals surface area contributed by atoms with Crippen LogP contribution in [-0.2, 0) is 9.59 Å². The number of aliphatic carboxylic acids is 1. The minimum absolute atomic E-state index is 0.0131. The summed E-state index contributed by atoms with van der Waals surface area (Å²) in [5, 5.41) is 14.9. The average molecular weight is 287 g/mol. The number of fused-ring (bicyclic) bond motifs is 3. The Kier molecular flexibility index (Phi) is 3.25. The van der Waals surface area contributed by atoms with Crippen LogP contribution < -0.4 is 10.6 Å². The lowest BCUT2D eigenvalue weighted by atomic mass is 9.75. The Balaban J connectivity index is 2.10. The van der Waals surface area contributed by atoms with Gasteiger partial charge in [-0.2, -0.15) is 0 Å². The molecule has 6 nitrogen and oxygen atoms in total. The number of carbonyl (C=O) groups is 2. The van der Waals surface area contributed by atoms with Gasteiger partial charge >= 0.3 is 5.97 Å². The second kappa shape index (κ2) is 4.96. The molecule has 1 amide bonds. The molecule has 0 bridgehead atoms. The lowest BCUT2D eigenvalue weighted by molar-refractivity contribution is -0.141. The number of rotatable bonds is 3. The maximum atomic E-state index is 12.4. The van der Waals surface area contributed by atoms with E-state index in [0.717, 1.165) is 17.7 Å². The van der Waals surface area contributed by atoms with E-state index >= 15 is 0 Å². The van der Waals surface area contributed by atoms with Crippen LogP contribution in [0.2, 0.25) is 0 Å². The largest absolute Gasteiger partial charge is 0.481 e. The summed E-state index contributed by atoms with van der Waals surface area (Å²) in [6.45, 7) is 0.582. The molecule has 1 aromatic rings. The summed E-state index contributed by atoms with van der Waals surface area (Å²) >= 11 is 0. The molecule has 3 N–H and O–H groups in total. The molecular formula is C15H17N3O3. The first-order valence-corrected chi connectivity index (χ1v) is 6.95. The second-order valence-electron chi connectivity index (χ2n) is 5.38. The van der Waals surface area contributed by atoms with Crippen molar-refractivity contribution in [3.8, 4) is 0 Å². The van der Waals surface area contributed by atoms with Gasteiger partial charge in [0.2, 0.25) is 5.91 Å². The van der Waals surface area contributed by atoms with E-state index in [-0.39, 0.29) is 18.2 Å². The molecule has 2 aliphatic rings. The molecule has 6 heteroatoms. The van der Waals surface area contributed by atoms with E-state index in [1.54, 1.807) is 0 Å². The van der Waals surface area contributed by atoms with E-state index < -0.39 is 11.5 Å². The molecule has 0 saturated carbocycles. The van der Waals surface area contributed by atoms with Crippen LogP contribution in [-0.4, -0.2) is 41.8 Å². The highest BCUT2D eigenvalue weighted by Gasteiger charge is 2.51. The lowest BCUT2D eigenvalue weighted by Crippen LogP contribution is -2.66. The summed E-state index contributed by atoms with van der Waals surface area (Å²) in [6.07, 6.45) is 0.504. The number of piperidine rings is 1. The van der Waals surface area contributed by atoms with Crippen LogP contribution in [0.1, 0.15) is 24.3 Å². The Morgan fingerprint density at radius 1 is 1.48 bits per heavy atom. The van der Waals surface area contributed by atoms with Crippen molar-refractivity contribution in [2.75, 3.05) is 13.6 Å². The minimum atomic E-state index is -1.26. The molecule has 0 radical (unpaired) electrons. The van der Waals surface area contributed by atoms with E-state index in [0.29, 0.717) is 12.3 Å². The molecule has 0 aliphatic carbocycles. The number of likely N-dealkylation sites (N-methyl/N-ethyl adjacent to an activating group) is 1. The van der Waals surface area contributed by atoms with Crippen molar-refractivity contribution in [1.82, 2.24) is 10.6 Å². The van der Waals surface area contributed by atoms with E-state index in [9.17, 15) is 14.7 Å². The number of carbonyl (C=O) groups excluding carboxylic acids is 1. The first-order valence-electron chi connectivity index (χ1n) is 6.95. The van der Waals surface area contributed by atoms with Gasteiger partial charge in [0.05, 0.1) is 17.8 Å². The molecule has 0 spiro atoms. The van der Waals surface area contributed by atoms with Crippen LogP contribution in [0.15, 0.2) is 29.3 Å². The molecule has 1 aromatic carbocycles. The summed E-state index contributed by atoms with van der Waals surface area (Å²) in [5.41, 5.74) is 1.27. The fraction of sp³-hybridized carbons (Fsp3) is 0.400. The van der Waals surface area contributed by atoms with E-state index in [1.165, 1.54) is 7.05 Å². The van der Waals surface area contributed by atoms with Crippen LogP contribution in [0, 0.1) is 0 Å². The highest BCUT2D eigenvalue weighted by molar-refractivity contribution is 6.20. The van der Waals surface area contributed by atoms with Gasteiger partial charge in [0.1, 0.15) is 5.54 Å². The van der Waals surface area contributed by atoms with Crippen molar-refractivity contribution in [2.24, 2.45) is 4.99 Å². The smallest absolute Gasteiger partial charge is 0.306 e. The van der Waals surface area contributed by atoms with Gasteiger partial charge in [0.25, 0.3) is 0 Å². The van der Waals surface area contributed by atoms with Crippen molar-refractivity contribution in [3.63, 3.8) is 0 Å². The zero-order valence-electron chi connectivity index (χ0n) is 11.7. The van der Waals surface area contributed by atoms with Crippen LogP contribution in [0.5, 0.6) is 0 Å². The highest BCUT2D eigenvalue weighted by Crippen LogP contribution is 2.43. The molecule has 1 saturated heterocycles. The summed E-state index contributed by atoms with van der Waals surface area (Å²) in [5.74, 6) is -1.36. The third-order valence-electron chi connectivity index (χ3n) is 4.21. The van der Waals surface area contributed by atoms with Gasteiger partial charge in [-0.3, -0.25) is 19.9 Å². The molecule has 0 aromatic heterocycles. The van der Waals surface area contributed by atoms with Crippen molar-refractivity contribution < 1.29 is 14.7 Å². The van der Waals surface area contributed by atoms with Crippen molar-refractivity contribution >= 4 is 23.3 Å². The van der Waals surface area contributed by atoms with Crippen molar-refractivity contribution in [1.29, 1.82) is 0 Å². The predicted molar refractivity (Wildman–Crippen MR) is 77.9 cm³/mol. The van der Waals surface area contributed by atoms with Gasteiger partial charge in [0, 0.05) is 13.0 Å². The lowest BCUT2D eigenvalue weighted by Gasteiger charge is -2.39. The van der Waals surface area contributed by atoms with E-state index in [4.69, 9.17) is 0 Å². The molecule has 21 heavy (non-hydrogen) atoms. The van der Waals surface area contributed by atoms with Gasteiger partial charge in [-0.1, -0.05) is 18.2 Å². The van der Waals surface area contributed by atoms with Gasteiger partial charge in [-0.15, -0.1) is 0 Å². The number of nitrogens with one attached hydrogen (secondary N) is 2. The zero-order chi connectivity index (χ0) is 15.0. The fourth-order valence-corrected chi connectivity index (χ4v) is 3.31. The van der Waals surface area contributed by atoms with Crippen molar-refractivity contribution in [3.05, 3.63) is 29.8 Å². The Morgan fingerprint density at radius 2 is 2.24 bits per heavy atom. The number of para-hydroxylation sites is 1. The van der Waals surface area contributed by atoms with E-state index in [1.807, 2.05) is 24.3 Å². The van der Waals surface area contributed by atoms with Crippen LogP contribution in [0.4, 0.5) is 5.69 Å². The summed E-state index contributed by atoms with van der Waals surface area (Å²) in [6, 6.07) is 7.73. The number of benzene rings is 1. The molecule has 2 aliphatic heterocycles. The van der Waals surface area contributed by atoms with Crippen LogP contribution in [0.25, 0.3) is 0 Å². The highest BCUT2D eigenvalue weighted by atomic mass is 16.4. The van der Waals surface area contributed by atoms with Crippen LogP contribution in [0.3, 0.4) is 0 Å². The predicted octanol–water partition coefficient (Wildman–Crippen LogP) is 0.809. The Hall–Kier alpha value is -2.21. The first kappa shape index (κ1) is 13.8. The summed E-state index contributed by atoms with van der Waals surface area (Å²) < 4.78 is 0. The number of hydrogen-bond acceptors (Lipinski definition) is 4. The maximum Gasteiger partial charge on any atom is 0.306 e. The Morgan fingerprint density at radius 3 is 2.95 bits per heavy atom. The Bertz CT molecular complexity index is 641. The van der Waals surface area contributed by atoms with Crippen molar-refractivity contribution in [2.45, 2.75) is 24.3 Å². The number of aliphatic imine (C=N–C) groups is 1. The summed E-state index contributed by atoms with van der Waals surface area (Å²) in [4.78, 5) is 28.3. The number of nitrogens with zero attached hydrogens (tertiary/aromatic N) is 1. The minimum Gasteiger partial charge on any atom is -0.481 e. The first-order chi connectivity index (χ1) is 10.1. The number of carboxylic acids is 1. The molecule has 2 atom stereocenters. The molecular weight excluding hydrogens is 270 g/mol. The quantitative estimate of drug-likeness (QED) is 0.767. The topological polar surface area (TPSA) is 90.8 Å². The number of amides is 1. The van der Waals surface area contributed by atoms with E-state index in [2.05, 4.69) is 15.6 Å². The standard InChI is InChI=1S/C15H17N3O3/c1-16-14(21)15(8-12(19)20)13-10(6-7-17-15)9-4-2-3-5-11(9)18-13/h2-5,10,17H,6-8H2,1H3,(H,16,21)(H,19,20). The number of carboxylic acid groups (broad SMARTS) is 1. The normalized spacial score (nSPS) is 26.5. The molecule has 110 valence electrons. The monoisotopic (exact) mass is 287 g/mol. The van der Waals surface area contributed by atoms with Crippen LogP contribution >= 0.6 is 0 Å². The third kappa shape index (κ3) is 2.03. The maximum absolute atomic E-state index is 12.4. The van der Waals surface area contributed by atoms with Gasteiger partial charge in [0.15, 0.2) is 0 Å². The zero-order valence-corrected chi connectivity index (χ0v) is 11.7. The summed E-state index contributed by atoms with van der Waals surface area (Å²) in [7, 11) is 1.51. The van der Waals surface area contributed by atoms with Gasteiger partial charge < -0.3 is 10.4 Å². The fourth-order valence-electron chi connectivity index (χ4n) is 3.31. The third-order valence-corrected chi connectivity index (χ3v) is 4.21. The SMILES string of the molecule is CNC(=O)C1(CC(=O)O)NCCC2C1=Nc1ccccc12. The average Bonchev–Trinajstić information content (AvgIpc) is 2.86. The van der Waals surface area contributed by atoms with Gasteiger partial charge in [-0.05, 0) is 24.6 Å². The number of hydrogen-bond donors (Lipinski definition) is 3. The Labute approximate surface area is 122 Å². The van der Waals surface area contributed by atoms with Gasteiger partial charge in [-0.25, -0.2) is 0 Å². The molecule has 2 unspecified atom stereocenters. The molecule has 1 fully saturated rings. The molecule has 2 heterocycles. The second-order valence-corrected chi connectivity index (χ2v) is 5.38. The molecule has 3 rings (SSSR count).